The van der Waals surface area contributed by atoms with Crippen LogP contribution < -0.4 is 4.90 Å². The van der Waals surface area contributed by atoms with Gasteiger partial charge >= 0.3 is 6.18 Å². The Hall–Kier alpha value is -3.17. The van der Waals surface area contributed by atoms with E-state index in [1.165, 1.54) is 12.1 Å². The average Bonchev–Trinajstić information content (AvgIpc) is 2.88. The predicted octanol–water partition coefficient (Wildman–Crippen LogP) is 5.16. The first-order chi connectivity index (χ1) is 17.7. The molecule has 1 saturated heterocycles. The highest BCUT2D eigenvalue weighted by atomic mass is 35.5. The molecule has 0 bridgehead atoms. The zero-order valence-corrected chi connectivity index (χ0v) is 21.2. The molecule has 194 valence electrons. The molecular formula is C27H27ClF3N5O. The van der Waals surface area contributed by atoms with E-state index in [1.54, 1.807) is 12.1 Å². The van der Waals surface area contributed by atoms with E-state index < -0.39 is 11.7 Å². The van der Waals surface area contributed by atoms with E-state index >= 15 is 0 Å². The van der Waals surface area contributed by atoms with Gasteiger partial charge in [0.2, 0.25) is 0 Å². The number of alkyl halides is 3. The molecule has 0 unspecified atom stereocenters. The van der Waals surface area contributed by atoms with Gasteiger partial charge in [-0.25, -0.2) is 0 Å². The first-order valence-electron chi connectivity index (χ1n) is 12.2. The number of halogens is 4. The fourth-order valence-corrected chi connectivity index (χ4v) is 5.07. The van der Waals surface area contributed by atoms with Crippen molar-refractivity contribution in [3.8, 4) is 11.3 Å². The van der Waals surface area contributed by atoms with Gasteiger partial charge in [-0.05, 0) is 61.9 Å². The minimum absolute atomic E-state index is 0.00402. The molecule has 1 fully saturated rings. The number of aryl methyl sites for hydroxylation is 1. The maximum Gasteiger partial charge on any atom is 0.416 e. The smallest absolute Gasteiger partial charge is 0.366 e. The number of carbonyl (C=O) groups is 1. The van der Waals surface area contributed by atoms with Crippen molar-refractivity contribution in [3.63, 3.8) is 0 Å². The van der Waals surface area contributed by atoms with Gasteiger partial charge in [-0.3, -0.25) is 4.79 Å². The standard InChI is InChI=1S/C27H27ClF3N5O/c1-34-11-13-35(14-12-34)26(37)19-6-4-18(5-7-19)24-16-25-23(32-33-24)3-2-10-36(25)17-20-15-21(28)8-9-22(20)27(29,30)31/h4-9,15-16H,2-3,10-14,17H2,1H3. The largest absolute Gasteiger partial charge is 0.416 e. The summed E-state index contributed by atoms with van der Waals surface area (Å²) < 4.78 is 40.9. The third kappa shape index (κ3) is 5.57. The Labute approximate surface area is 218 Å². The molecule has 5 rings (SSSR count). The number of likely N-dealkylation sites (N-methyl/N-ethyl adjacent to an activating group) is 1. The summed E-state index contributed by atoms with van der Waals surface area (Å²) in [6.07, 6.45) is -2.99. The molecule has 10 heteroatoms. The van der Waals surface area contributed by atoms with Gasteiger partial charge in [-0.1, -0.05) is 23.7 Å². The number of anilines is 1. The van der Waals surface area contributed by atoms with Crippen molar-refractivity contribution in [2.75, 3.05) is 44.7 Å². The number of hydrogen-bond donors (Lipinski definition) is 0. The molecule has 0 aliphatic carbocycles. The topological polar surface area (TPSA) is 52.6 Å². The van der Waals surface area contributed by atoms with Gasteiger partial charge in [-0.2, -0.15) is 23.4 Å². The summed E-state index contributed by atoms with van der Waals surface area (Å²) in [5.74, 6) is 0.00402. The molecule has 2 aromatic carbocycles. The van der Waals surface area contributed by atoms with Crippen molar-refractivity contribution >= 4 is 23.2 Å². The summed E-state index contributed by atoms with van der Waals surface area (Å²) in [4.78, 5) is 18.8. The van der Waals surface area contributed by atoms with E-state index in [0.717, 1.165) is 42.5 Å². The number of piperazine rings is 1. The number of aromatic nitrogens is 2. The van der Waals surface area contributed by atoms with Gasteiger partial charge in [0.1, 0.15) is 0 Å². The Morgan fingerprint density at radius 1 is 0.973 bits per heavy atom. The number of benzene rings is 2. The van der Waals surface area contributed by atoms with E-state index in [1.807, 2.05) is 35.0 Å². The zero-order valence-electron chi connectivity index (χ0n) is 20.4. The van der Waals surface area contributed by atoms with E-state index in [0.29, 0.717) is 37.3 Å². The van der Waals surface area contributed by atoms with Crippen LogP contribution in [-0.2, 0) is 19.1 Å². The lowest BCUT2D eigenvalue weighted by atomic mass is 10.0. The minimum Gasteiger partial charge on any atom is -0.366 e. The molecule has 2 aliphatic rings. The summed E-state index contributed by atoms with van der Waals surface area (Å²) in [5, 5.41) is 9.03. The van der Waals surface area contributed by atoms with Crippen LogP contribution in [-0.4, -0.2) is 65.7 Å². The second-order valence-electron chi connectivity index (χ2n) is 9.56. The molecule has 3 aromatic rings. The monoisotopic (exact) mass is 529 g/mol. The first-order valence-corrected chi connectivity index (χ1v) is 12.6. The highest BCUT2D eigenvalue weighted by Crippen LogP contribution is 2.36. The van der Waals surface area contributed by atoms with Crippen molar-refractivity contribution < 1.29 is 18.0 Å². The maximum atomic E-state index is 13.6. The van der Waals surface area contributed by atoms with Crippen LogP contribution in [0.5, 0.6) is 0 Å². The molecule has 0 spiro atoms. The molecule has 1 amide bonds. The van der Waals surface area contributed by atoms with E-state index in [2.05, 4.69) is 15.1 Å². The number of fused-ring (bicyclic) bond motifs is 1. The van der Waals surface area contributed by atoms with Crippen LogP contribution in [0.4, 0.5) is 18.9 Å². The lowest BCUT2D eigenvalue weighted by Crippen LogP contribution is -2.47. The fraction of sp³-hybridized carbons (Fsp3) is 0.370. The third-order valence-corrected chi connectivity index (χ3v) is 7.22. The van der Waals surface area contributed by atoms with Crippen LogP contribution in [0, 0.1) is 0 Å². The van der Waals surface area contributed by atoms with E-state index in [9.17, 15) is 18.0 Å². The number of carbonyl (C=O) groups excluding carboxylic acids is 1. The molecule has 1 aromatic heterocycles. The summed E-state index contributed by atoms with van der Waals surface area (Å²) in [7, 11) is 2.04. The summed E-state index contributed by atoms with van der Waals surface area (Å²) in [6, 6.07) is 12.8. The third-order valence-electron chi connectivity index (χ3n) is 6.98. The van der Waals surface area contributed by atoms with Crippen molar-refractivity contribution in [1.82, 2.24) is 20.0 Å². The Balaban J connectivity index is 1.39. The molecule has 37 heavy (non-hydrogen) atoms. The van der Waals surface area contributed by atoms with Gasteiger partial charge in [0.05, 0.1) is 22.6 Å². The minimum atomic E-state index is -4.47. The summed E-state index contributed by atoms with van der Waals surface area (Å²) in [5.41, 5.74) is 2.96. The summed E-state index contributed by atoms with van der Waals surface area (Å²) >= 11 is 6.04. The zero-order chi connectivity index (χ0) is 26.2. The average molecular weight is 530 g/mol. The number of hydrogen-bond acceptors (Lipinski definition) is 5. The second kappa shape index (κ2) is 10.3. The highest BCUT2D eigenvalue weighted by Gasteiger charge is 2.34. The Bertz CT molecular complexity index is 1290. The van der Waals surface area contributed by atoms with Crippen molar-refractivity contribution in [2.45, 2.75) is 25.6 Å². The molecule has 0 atom stereocenters. The van der Waals surface area contributed by atoms with E-state index in [4.69, 9.17) is 11.6 Å². The van der Waals surface area contributed by atoms with Crippen molar-refractivity contribution in [2.24, 2.45) is 0 Å². The van der Waals surface area contributed by atoms with Gasteiger partial charge in [-0.15, -0.1) is 0 Å². The number of nitrogens with zero attached hydrogens (tertiary/aromatic N) is 5. The van der Waals surface area contributed by atoms with Gasteiger partial charge < -0.3 is 14.7 Å². The highest BCUT2D eigenvalue weighted by molar-refractivity contribution is 6.30. The normalized spacial score (nSPS) is 16.6. The van der Waals surface area contributed by atoms with Crippen LogP contribution in [0.2, 0.25) is 5.02 Å². The van der Waals surface area contributed by atoms with Crippen LogP contribution in [0.3, 0.4) is 0 Å². The number of amides is 1. The Morgan fingerprint density at radius 2 is 1.70 bits per heavy atom. The van der Waals surface area contributed by atoms with Crippen LogP contribution in [0.15, 0.2) is 48.5 Å². The first kappa shape index (κ1) is 25.5. The molecule has 0 saturated carbocycles. The quantitative estimate of drug-likeness (QED) is 0.467. The fourth-order valence-electron chi connectivity index (χ4n) is 4.87. The molecular weight excluding hydrogens is 503 g/mol. The van der Waals surface area contributed by atoms with Gasteiger partial charge in [0.15, 0.2) is 0 Å². The molecule has 2 aliphatic heterocycles. The van der Waals surface area contributed by atoms with E-state index in [-0.39, 0.29) is 23.0 Å². The van der Waals surface area contributed by atoms with Crippen molar-refractivity contribution in [3.05, 3.63) is 75.9 Å². The molecule has 3 heterocycles. The van der Waals surface area contributed by atoms with Gasteiger partial charge in [0, 0.05) is 55.4 Å². The summed E-state index contributed by atoms with van der Waals surface area (Å²) in [6.45, 7) is 3.76. The molecule has 0 N–H and O–H groups in total. The lowest BCUT2D eigenvalue weighted by molar-refractivity contribution is -0.138. The Kier molecular flexibility index (Phi) is 7.09. The second-order valence-corrected chi connectivity index (χ2v) is 10.00. The lowest BCUT2D eigenvalue weighted by Gasteiger charge is -2.32. The Morgan fingerprint density at radius 3 is 2.41 bits per heavy atom. The molecule has 0 radical (unpaired) electrons. The molecule has 6 nitrogen and oxygen atoms in total. The SMILES string of the molecule is CN1CCN(C(=O)c2ccc(-c3cc4c(nn3)CCCN4Cc3cc(Cl)ccc3C(F)(F)F)cc2)CC1. The van der Waals surface area contributed by atoms with Crippen LogP contribution >= 0.6 is 11.6 Å². The van der Waals surface area contributed by atoms with Crippen LogP contribution in [0.1, 0.15) is 33.6 Å². The predicted molar refractivity (Wildman–Crippen MR) is 137 cm³/mol. The van der Waals surface area contributed by atoms with Gasteiger partial charge in [0.25, 0.3) is 5.91 Å². The van der Waals surface area contributed by atoms with Crippen molar-refractivity contribution in [1.29, 1.82) is 0 Å². The number of rotatable bonds is 4. The maximum absolute atomic E-state index is 13.6. The van der Waals surface area contributed by atoms with Crippen LogP contribution in [0.25, 0.3) is 11.3 Å².